The van der Waals surface area contributed by atoms with Crippen LogP contribution in [-0.4, -0.2) is 77.6 Å². The average Bonchev–Trinajstić information content (AvgIpc) is 3.15. The van der Waals surface area contributed by atoms with E-state index in [9.17, 15) is 13.2 Å². The molecule has 0 unspecified atom stereocenters. The second-order valence-electron chi connectivity index (χ2n) is 13.4. The van der Waals surface area contributed by atoms with Crippen molar-refractivity contribution in [2.75, 3.05) is 58.3 Å². The van der Waals surface area contributed by atoms with Crippen molar-refractivity contribution in [3.8, 4) is 28.4 Å². The van der Waals surface area contributed by atoms with Crippen molar-refractivity contribution < 1.29 is 22.7 Å². The zero-order valence-corrected chi connectivity index (χ0v) is 31.9. The van der Waals surface area contributed by atoms with E-state index in [1.807, 2.05) is 56.6 Å². The number of hydrogen-bond donors (Lipinski definition) is 1. The molecule has 1 aliphatic heterocycles. The SMILES string of the molecule is Cc1cc(S(=O)(=O)NC(=O)c2ccc(N3CCN(Cc4ccccc4-c4ccc(Cl)cc4)CC3)cc2Oc2ccccc2)ccc1OCCCN(C)C. The normalized spacial score (nSPS) is 13.6. The Hall–Kier alpha value is -4.87. The van der Waals surface area contributed by atoms with Crippen LogP contribution in [-0.2, 0) is 16.6 Å². The van der Waals surface area contributed by atoms with Gasteiger partial charge < -0.3 is 19.3 Å². The number of anilines is 1. The lowest BCUT2D eigenvalue weighted by Crippen LogP contribution is -2.46. The lowest BCUT2D eigenvalue weighted by Gasteiger charge is -2.36. The van der Waals surface area contributed by atoms with Gasteiger partial charge in [0.05, 0.1) is 17.1 Å². The van der Waals surface area contributed by atoms with Crippen LogP contribution >= 0.6 is 11.6 Å². The molecule has 5 aromatic carbocycles. The molecule has 6 rings (SSSR count). The molecular formula is C42H45ClN4O5S. The average molecular weight is 753 g/mol. The fourth-order valence-electron chi connectivity index (χ4n) is 6.32. The second-order valence-corrected chi connectivity index (χ2v) is 15.5. The van der Waals surface area contributed by atoms with Gasteiger partial charge in [0.25, 0.3) is 15.9 Å². The van der Waals surface area contributed by atoms with Crippen LogP contribution in [0.3, 0.4) is 0 Å². The van der Waals surface area contributed by atoms with E-state index in [0.29, 0.717) is 28.7 Å². The van der Waals surface area contributed by atoms with Gasteiger partial charge in [0, 0.05) is 56.0 Å². The van der Waals surface area contributed by atoms with Crippen LogP contribution in [0.15, 0.2) is 120 Å². The summed E-state index contributed by atoms with van der Waals surface area (Å²) in [4.78, 5) is 20.4. The highest BCUT2D eigenvalue weighted by Gasteiger charge is 2.25. The summed E-state index contributed by atoms with van der Waals surface area (Å²) in [6, 6.07) is 35.4. The van der Waals surface area contributed by atoms with E-state index < -0.39 is 15.9 Å². The van der Waals surface area contributed by atoms with Crippen molar-refractivity contribution in [3.05, 3.63) is 137 Å². The van der Waals surface area contributed by atoms with E-state index >= 15 is 0 Å². The molecule has 0 radical (unpaired) electrons. The number of carbonyl (C=O) groups excluding carboxylic acids is 1. The molecule has 5 aromatic rings. The quantitative estimate of drug-likeness (QED) is 0.115. The fraction of sp³-hybridized carbons (Fsp3) is 0.262. The van der Waals surface area contributed by atoms with Gasteiger partial charge in [-0.15, -0.1) is 0 Å². The number of halogens is 1. The third-order valence-electron chi connectivity index (χ3n) is 9.18. The van der Waals surface area contributed by atoms with Crippen molar-refractivity contribution in [2.45, 2.75) is 24.8 Å². The molecule has 1 amide bonds. The Bertz CT molecular complexity index is 2120. The monoisotopic (exact) mass is 752 g/mol. The number of aryl methyl sites for hydroxylation is 1. The largest absolute Gasteiger partial charge is 0.493 e. The summed E-state index contributed by atoms with van der Waals surface area (Å²) >= 11 is 6.14. The van der Waals surface area contributed by atoms with Gasteiger partial charge in [-0.1, -0.05) is 66.2 Å². The van der Waals surface area contributed by atoms with Crippen LogP contribution in [0, 0.1) is 6.92 Å². The number of nitrogens with zero attached hydrogens (tertiary/aromatic N) is 3. The summed E-state index contributed by atoms with van der Waals surface area (Å²) in [7, 11) is -0.200. The van der Waals surface area contributed by atoms with Gasteiger partial charge >= 0.3 is 0 Å². The first kappa shape index (κ1) is 37.9. The van der Waals surface area contributed by atoms with E-state index in [1.54, 1.807) is 31.2 Å². The van der Waals surface area contributed by atoms with Crippen LogP contribution in [0.4, 0.5) is 5.69 Å². The predicted molar refractivity (Wildman–Crippen MR) is 212 cm³/mol. The molecule has 1 fully saturated rings. The molecule has 0 saturated carbocycles. The number of hydrogen-bond acceptors (Lipinski definition) is 8. The van der Waals surface area contributed by atoms with Gasteiger partial charge in [0.1, 0.15) is 17.2 Å². The maximum atomic E-state index is 13.7. The van der Waals surface area contributed by atoms with Crippen LogP contribution in [0.25, 0.3) is 11.1 Å². The zero-order chi connectivity index (χ0) is 37.4. The van der Waals surface area contributed by atoms with Gasteiger partial charge in [-0.05, 0) is 104 Å². The number of rotatable bonds is 14. The van der Waals surface area contributed by atoms with Crippen LogP contribution in [0.2, 0.25) is 5.02 Å². The molecule has 0 atom stereocenters. The summed E-state index contributed by atoms with van der Waals surface area (Å²) in [5.74, 6) is 0.612. The Labute approximate surface area is 317 Å². The first-order valence-corrected chi connectivity index (χ1v) is 19.6. The summed E-state index contributed by atoms with van der Waals surface area (Å²) < 4.78 is 41.2. The molecule has 0 spiro atoms. The minimum absolute atomic E-state index is 0.0280. The van der Waals surface area contributed by atoms with Crippen molar-refractivity contribution in [2.24, 2.45) is 0 Å². The molecule has 0 bridgehead atoms. The van der Waals surface area contributed by atoms with E-state index in [1.165, 1.54) is 23.3 Å². The zero-order valence-electron chi connectivity index (χ0n) is 30.3. The third-order valence-corrected chi connectivity index (χ3v) is 10.8. The van der Waals surface area contributed by atoms with Crippen molar-refractivity contribution >= 4 is 33.2 Å². The predicted octanol–water partition coefficient (Wildman–Crippen LogP) is 7.88. The number of piperazine rings is 1. The van der Waals surface area contributed by atoms with E-state index in [4.69, 9.17) is 21.1 Å². The fourth-order valence-corrected chi connectivity index (χ4v) is 7.50. The van der Waals surface area contributed by atoms with Gasteiger partial charge in [-0.3, -0.25) is 9.69 Å². The topological polar surface area (TPSA) is 91.4 Å². The summed E-state index contributed by atoms with van der Waals surface area (Å²) in [6.45, 7) is 7.20. The minimum Gasteiger partial charge on any atom is -0.493 e. The van der Waals surface area contributed by atoms with E-state index in [-0.39, 0.29) is 16.2 Å². The number of carbonyl (C=O) groups is 1. The molecule has 1 aliphatic rings. The number of ether oxygens (including phenoxy) is 2. The lowest BCUT2D eigenvalue weighted by atomic mass is 9.99. The Morgan fingerprint density at radius 3 is 2.26 bits per heavy atom. The Balaban J connectivity index is 1.15. The van der Waals surface area contributed by atoms with Gasteiger partial charge in [-0.2, -0.15) is 0 Å². The number of para-hydroxylation sites is 1. The minimum atomic E-state index is -4.20. The highest BCUT2D eigenvalue weighted by molar-refractivity contribution is 7.90. The van der Waals surface area contributed by atoms with Gasteiger partial charge in [0.2, 0.25) is 0 Å². The highest BCUT2D eigenvalue weighted by Crippen LogP contribution is 2.32. The molecule has 1 heterocycles. The molecule has 0 aliphatic carbocycles. The van der Waals surface area contributed by atoms with Crippen LogP contribution < -0.4 is 19.1 Å². The summed E-state index contributed by atoms with van der Waals surface area (Å²) in [5, 5.41) is 0.715. The molecule has 11 heteroatoms. The Morgan fingerprint density at radius 2 is 1.55 bits per heavy atom. The molecule has 0 aromatic heterocycles. The number of benzene rings is 5. The van der Waals surface area contributed by atoms with Crippen molar-refractivity contribution in [3.63, 3.8) is 0 Å². The Morgan fingerprint density at radius 1 is 0.830 bits per heavy atom. The Kier molecular flexibility index (Phi) is 12.4. The van der Waals surface area contributed by atoms with Gasteiger partial charge in [-0.25, -0.2) is 13.1 Å². The van der Waals surface area contributed by atoms with Crippen molar-refractivity contribution in [1.29, 1.82) is 0 Å². The molecule has 276 valence electrons. The third kappa shape index (κ3) is 9.97. The van der Waals surface area contributed by atoms with E-state index in [0.717, 1.165) is 56.9 Å². The molecule has 1 saturated heterocycles. The smallest absolute Gasteiger partial charge is 0.268 e. The number of nitrogens with one attached hydrogen (secondary N) is 1. The molecule has 53 heavy (non-hydrogen) atoms. The first-order chi connectivity index (χ1) is 25.6. The second kappa shape index (κ2) is 17.3. The first-order valence-electron chi connectivity index (χ1n) is 17.7. The van der Waals surface area contributed by atoms with Crippen LogP contribution in [0.1, 0.15) is 27.9 Å². The summed E-state index contributed by atoms with van der Waals surface area (Å²) in [6.07, 6.45) is 0.839. The standard InChI is InChI=1S/C42H45ClN4O5S/c1-31-28-37(19-21-40(31)51-27-9-22-45(2)3)53(49,50)44-42(48)39-20-18-35(29-41(39)52-36-11-5-4-6-12-36)47-25-23-46(24-26-47)30-33-10-7-8-13-38(33)32-14-16-34(43)17-15-32/h4-8,10-21,28-29H,9,22-27,30H2,1-3H3,(H,44,48). The molecule has 1 N–H and O–H groups in total. The maximum Gasteiger partial charge on any atom is 0.268 e. The molecular weight excluding hydrogens is 708 g/mol. The van der Waals surface area contributed by atoms with Crippen molar-refractivity contribution in [1.82, 2.24) is 14.5 Å². The number of sulfonamides is 1. The highest BCUT2D eigenvalue weighted by atomic mass is 35.5. The van der Waals surface area contributed by atoms with Crippen LogP contribution in [0.5, 0.6) is 17.2 Å². The van der Waals surface area contributed by atoms with E-state index in [2.05, 4.69) is 55.8 Å². The van der Waals surface area contributed by atoms with Gasteiger partial charge in [0.15, 0.2) is 0 Å². The maximum absolute atomic E-state index is 13.7. The lowest BCUT2D eigenvalue weighted by molar-refractivity contribution is 0.0979. The molecule has 9 nitrogen and oxygen atoms in total. The number of amides is 1. The summed E-state index contributed by atoms with van der Waals surface area (Å²) in [5.41, 5.74) is 5.23.